The highest BCUT2D eigenvalue weighted by molar-refractivity contribution is 5.86. The Bertz CT molecular complexity index is 1630. The molecule has 0 radical (unpaired) electrons. The first-order valence-corrected chi connectivity index (χ1v) is 13.9. The number of nitrogens with zero attached hydrogens (tertiary/aromatic N) is 4. The normalized spacial score (nSPS) is 13.7. The summed E-state index contributed by atoms with van der Waals surface area (Å²) in [6, 6.07) is 18.0. The summed E-state index contributed by atoms with van der Waals surface area (Å²) < 4.78 is 29.7. The van der Waals surface area contributed by atoms with Crippen LogP contribution in [0.2, 0.25) is 0 Å². The molecule has 2 heterocycles. The van der Waals surface area contributed by atoms with E-state index < -0.39 is 23.5 Å². The molecule has 1 aliphatic heterocycles. The van der Waals surface area contributed by atoms with Gasteiger partial charge in [0.25, 0.3) is 0 Å². The second-order valence-electron chi connectivity index (χ2n) is 11.6. The number of fused-ring (bicyclic) bond motifs is 1. The van der Waals surface area contributed by atoms with Gasteiger partial charge in [0.1, 0.15) is 35.0 Å². The summed E-state index contributed by atoms with van der Waals surface area (Å²) in [4.78, 5) is 34.3. The third-order valence-electron chi connectivity index (χ3n) is 7.42. The maximum absolute atomic E-state index is 14.2. The molecule has 0 spiro atoms. The summed E-state index contributed by atoms with van der Waals surface area (Å²) >= 11 is 0. The van der Waals surface area contributed by atoms with Gasteiger partial charge in [-0.15, -0.1) is 0 Å². The highest BCUT2D eigenvalue weighted by Gasteiger charge is 2.40. The van der Waals surface area contributed by atoms with Crippen LogP contribution in [-0.2, 0) is 24.3 Å². The molecule has 1 atom stereocenters. The fourth-order valence-electron chi connectivity index (χ4n) is 5.42. The molecule has 0 saturated heterocycles. The molecular formula is C32H34F2N6O3. The zero-order valence-corrected chi connectivity index (χ0v) is 24.2. The average molecular weight is 589 g/mol. The number of benzene rings is 3. The van der Waals surface area contributed by atoms with Gasteiger partial charge in [-0.2, -0.15) is 0 Å². The topological polar surface area (TPSA) is 117 Å². The molecule has 0 aliphatic carbocycles. The Kier molecular flexibility index (Phi) is 8.08. The summed E-state index contributed by atoms with van der Waals surface area (Å²) in [6.07, 6.45) is -1.03. The molecule has 1 aromatic heterocycles. The minimum Gasteiger partial charge on any atom is -0.465 e. The predicted octanol–water partition coefficient (Wildman–Crippen LogP) is 5.89. The maximum Gasteiger partial charge on any atom is 0.408 e. The van der Waals surface area contributed by atoms with Crippen LogP contribution >= 0.6 is 0 Å². The van der Waals surface area contributed by atoms with E-state index in [4.69, 9.17) is 10.7 Å². The smallest absolute Gasteiger partial charge is 0.408 e. The summed E-state index contributed by atoms with van der Waals surface area (Å²) in [5.74, 6) is -0.00954. The summed E-state index contributed by atoms with van der Waals surface area (Å²) in [5.41, 5.74) is 7.97. The SMILES string of the molecule is CC(C)(C)N(C(=O)O)[C@@H](Cc1ccc(N)cc1)C(=O)N1CCn2c(nc(-c3cccc(F)c3)c2Nc2ccc(F)cc2)C1. The summed E-state index contributed by atoms with van der Waals surface area (Å²) in [6.45, 7) is 6.02. The lowest BCUT2D eigenvalue weighted by Gasteiger charge is -2.41. The quantitative estimate of drug-likeness (QED) is 0.232. The van der Waals surface area contributed by atoms with Crippen LogP contribution in [0.1, 0.15) is 32.2 Å². The van der Waals surface area contributed by atoms with E-state index in [1.165, 1.54) is 29.2 Å². The van der Waals surface area contributed by atoms with E-state index in [0.717, 1.165) is 5.56 Å². The van der Waals surface area contributed by atoms with Gasteiger partial charge >= 0.3 is 6.09 Å². The molecule has 4 N–H and O–H groups in total. The molecule has 0 bridgehead atoms. The number of nitrogen functional groups attached to an aromatic ring is 1. The van der Waals surface area contributed by atoms with Crippen molar-refractivity contribution >= 4 is 29.2 Å². The molecule has 3 aromatic carbocycles. The highest BCUT2D eigenvalue weighted by atomic mass is 19.1. The van der Waals surface area contributed by atoms with Crippen LogP contribution in [0.15, 0.2) is 72.8 Å². The lowest BCUT2D eigenvalue weighted by atomic mass is 9.97. The molecule has 0 fully saturated rings. The first kappa shape index (κ1) is 29.6. The number of carboxylic acid groups (broad SMARTS) is 1. The number of carbonyl (C=O) groups excluding carboxylic acids is 1. The second-order valence-corrected chi connectivity index (χ2v) is 11.6. The van der Waals surface area contributed by atoms with Crippen molar-refractivity contribution in [3.63, 3.8) is 0 Å². The molecule has 5 rings (SSSR count). The predicted molar refractivity (Wildman–Crippen MR) is 161 cm³/mol. The van der Waals surface area contributed by atoms with Crippen LogP contribution in [0, 0.1) is 11.6 Å². The molecule has 2 amide bonds. The Morgan fingerprint density at radius 2 is 1.72 bits per heavy atom. The summed E-state index contributed by atoms with van der Waals surface area (Å²) in [5, 5.41) is 13.5. The van der Waals surface area contributed by atoms with Gasteiger partial charge in [0.15, 0.2) is 0 Å². The molecule has 0 unspecified atom stereocenters. The minimum absolute atomic E-state index is 0.113. The fraction of sp³-hybridized carbons (Fsp3) is 0.281. The Balaban J connectivity index is 1.50. The van der Waals surface area contributed by atoms with Crippen molar-refractivity contribution in [2.75, 3.05) is 17.6 Å². The number of carbonyl (C=O) groups is 2. The van der Waals surface area contributed by atoms with Crippen LogP contribution < -0.4 is 11.1 Å². The number of imidazole rings is 1. The monoisotopic (exact) mass is 588 g/mol. The Labute approximate surface area is 248 Å². The first-order chi connectivity index (χ1) is 20.4. The number of nitrogens with two attached hydrogens (primary N) is 1. The van der Waals surface area contributed by atoms with E-state index >= 15 is 0 Å². The highest BCUT2D eigenvalue weighted by Crippen LogP contribution is 2.34. The molecule has 9 nitrogen and oxygen atoms in total. The van der Waals surface area contributed by atoms with E-state index in [0.29, 0.717) is 47.4 Å². The van der Waals surface area contributed by atoms with Crippen molar-refractivity contribution in [3.8, 4) is 11.3 Å². The van der Waals surface area contributed by atoms with Crippen LogP contribution in [-0.4, -0.2) is 54.6 Å². The van der Waals surface area contributed by atoms with E-state index in [1.807, 2.05) is 4.57 Å². The van der Waals surface area contributed by atoms with E-state index in [-0.39, 0.29) is 24.7 Å². The molecule has 11 heteroatoms. The number of nitrogens with one attached hydrogen (secondary N) is 1. The zero-order valence-electron chi connectivity index (χ0n) is 24.2. The van der Waals surface area contributed by atoms with E-state index in [2.05, 4.69) is 5.32 Å². The number of hydrogen-bond acceptors (Lipinski definition) is 5. The Hall–Kier alpha value is -4.93. The van der Waals surface area contributed by atoms with Crippen molar-refractivity contribution in [2.45, 2.75) is 51.9 Å². The lowest BCUT2D eigenvalue weighted by Crippen LogP contribution is -2.59. The fourth-order valence-corrected chi connectivity index (χ4v) is 5.42. The number of hydrogen-bond donors (Lipinski definition) is 3. The van der Waals surface area contributed by atoms with Crippen LogP contribution in [0.4, 0.5) is 30.8 Å². The van der Waals surface area contributed by atoms with Crippen molar-refractivity contribution < 1.29 is 23.5 Å². The lowest BCUT2D eigenvalue weighted by molar-refractivity contribution is -0.139. The number of rotatable bonds is 7. The standard InChI is InChI=1S/C32H34F2N6O3/c1-32(2,3)40(31(42)43)26(17-20-7-11-24(35)12-8-20)30(41)38-15-16-39-27(19-38)37-28(21-5-4-6-23(34)18-21)29(39)36-25-13-9-22(33)10-14-25/h4-14,18,26,36H,15-17,19,35H2,1-3H3,(H,42,43)/t26-/m0/s1. The van der Waals surface area contributed by atoms with E-state index in [9.17, 15) is 23.5 Å². The van der Waals surface area contributed by atoms with Crippen LogP contribution in [0.25, 0.3) is 11.3 Å². The van der Waals surface area contributed by atoms with Gasteiger partial charge in [0, 0.05) is 42.0 Å². The first-order valence-electron chi connectivity index (χ1n) is 13.9. The van der Waals surface area contributed by atoms with E-state index in [1.54, 1.807) is 74.2 Å². The number of halogens is 2. The van der Waals surface area contributed by atoms with Gasteiger partial charge in [-0.1, -0.05) is 24.3 Å². The van der Waals surface area contributed by atoms with Gasteiger partial charge in [0.2, 0.25) is 5.91 Å². The molecular weight excluding hydrogens is 554 g/mol. The molecule has 1 aliphatic rings. The van der Waals surface area contributed by atoms with Crippen molar-refractivity contribution in [3.05, 3.63) is 95.8 Å². The average Bonchev–Trinajstić information content (AvgIpc) is 3.31. The zero-order chi connectivity index (χ0) is 30.9. The largest absolute Gasteiger partial charge is 0.465 e. The van der Waals surface area contributed by atoms with Crippen LogP contribution in [0.3, 0.4) is 0 Å². The van der Waals surface area contributed by atoms with Gasteiger partial charge < -0.3 is 25.6 Å². The van der Waals surface area contributed by atoms with Gasteiger partial charge in [-0.3, -0.25) is 9.69 Å². The minimum atomic E-state index is -1.20. The molecule has 0 saturated carbocycles. The second kappa shape index (κ2) is 11.7. The summed E-state index contributed by atoms with van der Waals surface area (Å²) in [7, 11) is 0. The van der Waals surface area contributed by atoms with Gasteiger partial charge in [0.05, 0.1) is 6.54 Å². The molecule has 224 valence electrons. The third-order valence-corrected chi connectivity index (χ3v) is 7.42. The number of amides is 2. The van der Waals surface area contributed by atoms with Gasteiger partial charge in [-0.05, 0) is 74.9 Å². The maximum atomic E-state index is 14.2. The van der Waals surface area contributed by atoms with Crippen molar-refractivity contribution in [1.82, 2.24) is 19.4 Å². The Morgan fingerprint density at radius 3 is 2.35 bits per heavy atom. The van der Waals surface area contributed by atoms with Gasteiger partial charge in [-0.25, -0.2) is 18.6 Å². The van der Waals surface area contributed by atoms with Crippen molar-refractivity contribution in [2.24, 2.45) is 0 Å². The third kappa shape index (κ3) is 6.45. The Morgan fingerprint density at radius 1 is 1.02 bits per heavy atom. The molecule has 43 heavy (non-hydrogen) atoms. The van der Waals surface area contributed by atoms with Crippen LogP contribution in [0.5, 0.6) is 0 Å². The van der Waals surface area contributed by atoms with Crippen molar-refractivity contribution in [1.29, 1.82) is 0 Å². The number of aromatic nitrogens is 2. The number of anilines is 3. The molecule has 4 aromatic rings.